The van der Waals surface area contributed by atoms with Crippen LogP contribution in [0.2, 0.25) is 0 Å². The van der Waals surface area contributed by atoms with E-state index in [4.69, 9.17) is 10.3 Å². The van der Waals surface area contributed by atoms with E-state index in [1.807, 2.05) is 0 Å². The average molecular weight is 292 g/mol. The lowest BCUT2D eigenvalue weighted by Crippen LogP contribution is -2.30. The van der Waals surface area contributed by atoms with Gasteiger partial charge in [-0.3, -0.25) is 10.0 Å². The van der Waals surface area contributed by atoms with Gasteiger partial charge in [-0.1, -0.05) is 0 Å². The van der Waals surface area contributed by atoms with Crippen molar-refractivity contribution in [3.8, 4) is 0 Å². The fourth-order valence-corrected chi connectivity index (χ4v) is 2.06. The molecule has 2 rings (SSSR count). The smallest absolute Gasteiger partial charge is 0.407 e. The van der Waals surface area contributed by atoms with Crippen molar-refractivity contribution in [3.05, 3.63) is 30.0 Å². The molecule has 0 unspecified atom stereocenters. The molecule has 8 nitrogen and oxygen atoms in total. The molecule has 0 radical (unpaired) electrons. The van der Waals surface area contributed by atoms with Crippen LogP contribution in [0.25, 0.3) is 6.08 Å². The minimum Gasteiger partial charge on any atom is -0.465 e. The third-order valence-electron chi connectivity index (χ3n) is 3.13. The highest BCUT2D eigenvalue weighted by molar-refractivity contribution is 5.90. The molecule has 112 valence electrons. The first-order chi connectivity index (χ1) is 10.1. The number of anilines is 1. The lowest BCUT2D eigenvalue weighted by atomic mass is 10.2. The zero-order valence-corrected chi connectivity index (χ0v) is 11.2. The summed E-state index contributed by atoms with van der Waals surface area (Å²) in [7, 11) is 0. The third kappa shape index (κ3) is 4.18. The van der Waals surface area contributed by atoms with Gasteiger partial charge in [-0.15, -0.1) is 0 Å². The Hall–Kier alpha value is -2.61. The Kier molecular flexibility index (Phi) is 4.72. The first-order valence-corrected chi connectivity index (χ1v) is 6.41. The summed E-state index contributed by atoms with van der Waals surface area (Å²) in [6, 6.07) is 3.57. The van der Waals surface area contributed by atoms with Crippen LogP contribution in [0.5, 0.6) is 0 Å². The van der Waals surface area contributed by atoms with Gasteiger partial charge in [0.25, 0.3) is 5.91 Å². The minimum atomic E-state index is -0.907. The molecule has 4 N–H and O–H groups in total. The van der Waals surface area contributed by atoms with E-state index in [-0.39, 0.29) is 6.04 Å². The zero-order chi connectivity index (χ0) is 15.2. The van der Waals surface area contributed by atoms with Crippen molar-refractivity contribution in [3.63, 3.8) is 0 Å². The number of hydroxylamine groups is 1. The average Bonchev–Trinajstić information content (AvgIpc) is 2.95. The van der Waals surface area contributed by atoms with Crippen LogP contribution in [0.15, 0.2) is 24.4 Å². The predicted molar refractivity (Wildman–Crippen MR) is 74.8 cm³/mol. The number of nitrogens with one attached hydrogen (secondary N) is 2. The summed E-state index contributed by atoms with van der Waals surface area (Å²) >= 11 is 0. The molecule has 2 heterocycles. The lowest BCUT2D eigenvalue weighted by Gasteiger charge is -2.14. The third-order valence-corrected chi connectivity index (χ3v) is 3.13. The summed E-state index contributed by atoms with van der Waals surface area (Å²) in [5.74, 6) is 0.0351. The highest BCUT2D eigenvalue weighted by atomic mass is 16.5. The minimum absolute atomic E-state index is 0.0511. The molecule has 1 aromatic heterocycles. The molecule has 1 aliphatic heterocycles. The van der Waals surface area contributed by atoms with Crippen molar-refractivity contribution in [1.82, 2.24) is 15.4 Å². The number of rotatable bonds is 4. The molecule has 8 heteroatoms. The van der Waals surface area contributed by atoms with E-state index in [9.17, 15) is 9.59 Å². The molecule has 0 aliphatic carbocycles. The zero-order valence-electron chi connectivity index (χ0n) is 11.2. The van der Waals surface area contributed by atoms with E-state index in [0.29, 0.717) is 24.5 Å². The lowest BCUT2D eigenvalue weighted by molar-refractivity contribution is -0.124. The van der Waals surface area contributed by atoms with Crippen LogP contribution in [0.3, 0.4) is 0 Å². The SMILES string of the molecule is O=C(/C=C/c1ccc(N[C@@H]2CCN(C(=O)O)C2)nc1)NO. The molecule has 1 saturated heterocycles. The Morgan fingerprint density at radius 3 is 2.81 bits per heavy atom. The number of carbonyl (C=O) groups is 2. The topological polar surface area (TPSA) is 115 Å². The number of pyridine rings is 1. The van der Waals surface area contributed by atoms with Crippen LogP contribution in [0, 0.1) is 0 Å². The van der Waals surface area contributed by atoms with Crippen molar-refractivity contribution >= 4 is 23.9 Å². The van der Waals surface area contributed by atoms with Crippen LogP contribution >= 0.6 is 0 Å². The van der Waals surface area contributed by atoms with E-state index < -0.39 is 12.0 Å². The number of likely N-dealkylation sites (tertiary alicyclic amines) is 1. The van der Waals surface area contributed by atoms with Gasteiger partial charge in [0, 0.05) is 31.4 Å². The van der Waals surface area contributed by atoms with Crippen LogP contribution in [0.1, 0.15) is 12.0 Å². The Bertz CT molecular complexity index is 544. The fraction of sp³-hybridized carbons (Fsp3) is 0.308. The largest absolute Gasteiger partial charge is 0.465 e. The van der Waals surface area contributed by atoms with Gasteiger partial charge in [0.1, 0.15) is 5.82 Å². The Balaban J connectivity index is 1.90. The number of hydrogen-bond donors (Lipinski definition) is 4. The molecule has 1 aromatic rings. The number of aromatic nitrogens is 1. The van der Waals surface area contributed by atoms with Crippen LogP contribution in [-0.4, -0.2) is 51.3 Å². The van der Waals surface area contributed by atoms with E-state index in [0.717, 1.165) is 6.42 Å². The van der Waals surface area contributed by atoms with Crippen molar-refractivity contribution in [2.75, 3.05) is 18.4 Å². The maximum atomic E-state index is 10.8. The fourth-order valence-electron chi connectivity index (χ4n) is 2.06. The molecule has 1 aliphatic rings. The van der Waals surface area contributed by atoms with Crippen LogP contribution in [0.4, 0.5) is 10.6 Å². The molecule has 0 aromatic carbocycles. The first-order valence-electron chi connectivity index (χ1n) is 6.41. The highest BCUT2D eigenvalue weighted by Crippen LogP contribution is 2.15. The monoisotopic (exact) mass is 292 g/mol. The molecular weight excluding hydrogens is 276 g/mol. The number of amides is 2. The Morgan fingerprint density at radius 2 is 2.24 bits per heavy atom. The summed E-state index contributed by atoms with van der Waals surface area (Å²) in [5.41, 5.74) is 2.21. The Morgan fingerprint density at radius 1 is 1.43 bits per heavy atom. The van der Waals surface area contributed by atoms with E-state index in [1.54, 1.807) is 18.3 Å². The second kappa shape index (κ2) is 6.71. The van der Waals surface area contributed by atoms with Gasteiger partial charge < -0.3 is 15.3 Å². The van der Waals surface area contributed by atoms with E-state index in [1.165, 1.54) is 22.5 Å². The summed E-state index contributed by atoms with van der Waals surface area (Å²) in [6.45, 7) is 0.958. The number of carbonyl (C=O) groups excluding carboxylic acids is 1. The van der Waals surface area contributed by atoms with Gasteiger partial charge in [-0.2, -0.15) is 0 Å². The first kappa shape index (κ1) is 14.8. The predicted octanol–water partition coefficient (Wildman–Crippen LogP) is 0.764. The van der Waals surface area contributed by atoms with Gasteiger partial charge in [0.15, 0.2) is 0 Å². The normalized spacial score (nSPS) is 18.0. The summed E-state index contributed by atoms with van der Waals surface area (Å²) in [4.78, 5) is 27.2. The molecular formula is C13H16N4O4. The van der Waals surface area contributed by atoms with Crippen molar-refractivity contribution in [2.45, 2.75) is 12.5 Å². The molecule has 0 spiro atoms. The molecule has 1 atom stereocenters. The molecule has 1 fully saturated rings. The Labute approximate surface area is 121 Å². The quantitative estimate of drug-likeness (QED) is 0.370. The maximum absolute atomic E-state index is 10.8. The van der Waals surface area contributed by atoms with Gasteiger partial charge in [-0.05, 0) is 30.2 Å². The maximum Gasteiger partial charge on any atom is 0.407 e. The van der Waals surface area contributed by atoms with E-state index in [2.05, 4.69) is 10.3 Å². The van der Waals surface area contributed by atoms with E-state index >= 15 is 0 Å². The van der Waals surface area contributed by atoms with Crippen LogP contribution in [-0.2, 0) is 4.79 Å². The standard InChI is InChI=1S/C13H16N4O4/c18-12(16-21)4-2-9-1-3-11(14-7-9)15-10-5-6-17(8-10)13(19)20/h1-4,7,10,21H,5-6,8H2,(H,14,15)(H,16,18)(H,19,20)/b4-2+/t10-/m1/s1. The molecule has 0 bridgehead atoms. The number of nitrogens with zero attached hydrogens (tertiary/aromatic N) is 2. The summed E-state index contributed by atoms with van der Waals surface area (Å²) in [6.07, 6.45) is 4.12. The number of hydrogen-bond acceptors (Lipinski definition) is 5. The molecule has 2 amide bonds. The van der Waals surface area contributed by atoms with Gasteiger partial charge in [0.2, 0.25) is 0 Å². The van der Waals surface area contributed by atoms with Crippen molar-refractivity contribution < 1.29 is 19.9 Å². The van der Waals surface area contributed by atoms with Crippen molar-refractivity contribution in [1.29, 1.82) is 0 Å². The van der Waals surface area contributed by atoms with Gasteiger partial charge in [-0.25, -0.2) is 15.3 Å². The molecule has 21 heavy (non-hydrogen) atoms. The molecule has 0 saturated carbocycles. The number of carboxylic acid groups (broad SMARTS) is 1. The summed E-state index contributed by atoms with van der Waals surface area (Å²) < 4.78 is 0. The second-order valence-electron chi connectivity index (χ2n) is 4.64. The highest BCUT2D eigenvalue weighted by Gasteiger charge is 2.25. The second-order valence-corrected chi connectivity index (χ2v) is 4.64. The van der Waals surface area contributed by atoms with Crippen LogP contribution < -0.4 is 10.8 Å². The van der Waals surface area contributed by atoms with Gasteiger partial charge >= 0.3 is 6.09 Å². The summed E-state index contributed by atoms with van der Waals surface area (Å²) in [5, 5.41) is 20.4. The van der Waals surface area contributed by atoms with Gasteiger partial charge in [0.05, 0.1) is 0 Å². The van der Waals surface area contributed by atoms with Crippen molar-refractivity contribution in [2.24, 2.45) is 0 Å².